The molecule has 0 fully saturated rings. The minimum atomic E-state index is -0.183. The number of fused-ring (bicyclic) bond motifs is 1. The summed E-state index contributed by atoms with van der Waals surface area (Å²) in [5.41, 5.74) is 4.98. The summed E-state index contributed by atoms with van der Waals surface area (Å²) in [4.78, 5) is 14.5. The van der Waals surface area contributed by atoms with Crippen LogP contribution in [-0.4, -0.2) is 25.4 Å². The number of aromatic nitrogens is 1. The lowest BCUT2D eigenvalue weighted by Gasteiger charge is -2.08. The van der Waals surface area contributed by atoms with Crippen molar-refractivity contribution in [2.45, 2.75) is 0 Å². The average molecular weight is 323 g/mol. The number of nitrogens with zero attached hydrogens (tertiary/aromatic N) is 1. The Labute approximate surface area is 138 Å². The Bertz CT molecular complexity index is 948. The second-order valence-corrected chi connectivity index (χ2v) is 5.08. The molecule has 0 saturated heterocycles. The van der Waals surface area contributed by atoms with Crippen molar-refractivity contribution >= 4 is 22.8 Å². The molecule has 0 aliphatic carbocycles. The number of H-pyrrole nitrogens is 1. The molecule has 24 heavy (non-hydrogen) atoms. The summed E-state index contributed by atoms with van der Waals surface area (Å²) in [5, 5.41) is 5.10. The zero-order chi connectivity index (χ0) is 16.9. The summed E-state index contributed by atoms with van der Waals surface area (Å²) in [6, 6.07) is 14.5. The summed E-state index contributed by atoms with van der Waals surface area (Å²) in [5.74, 6) is 1.28. The van der Waals surface area contributed by atoms with E-state index in [9.17, 15) is 4.79 Å². The predicted molar refractivity (Wildman–Crippen MR) is 95.3 cm³/mol. The van der Waals surface area contributed by atoms with Gasteiger partial charge in [-0.1, -0.05) is 18.2 Å². The van der Waals surface area contributed by atoms with Crippen molar-refractivity contribution in [3.05, 3.63) is 64.4 Å². The van der Waals surface area contributed by atoms with E-state index < -0.39 is 0 Å². The number of rotatable bonds is 5. The van der Waals surface area contributed by atoms with Crippen LogP contribution in [-0.2, 0) is 0 Å². The van der Waals surface area contributed by atoms with Gasteiger partial charge in [-0.2, -0.15) is 5.10 Å². The molecule has 1 heterocycles. The Morgan fingerprint density at radius 3 is 2.62 bits per heavy atom. The second-order valence-electron chi connectivity index (χ2n) is 5.08. The van der Waals surface area contributed by atoms with Crippen molar-refractivity contribution in [1.82, 2.24) is 4.98 Å². The Balaban J connectivity index is 1.86. The molecule has 1 aromatic heterocycles. The van der Waals surface area contributed by atoms with Crippen LogP contribution in [0.5, 0.6) is 11.5 Å². The highest BCUT2D eigenvalue weighted by Gasteiger charge is 2.04. The Kier molecular flexibility index (Phi) is 4.47. The molecule has 0 amide bonds. The summed E-state index contributed by atoms with van der Waals surface area (Å²) in [7, 11) is 3.17. The number of hydrogen-bond donors (Lipinski definition) is 2. The molecule has 2 N–H and O–H groups in total. The van der Waals surface area contributed by atoms with Gasteiger partial charge in [0.1, 0.15) is 0 Å². The van der Waals surface area contributed by atoms with Gasteiger partial charge < -0.3 is 14.5 Å². The first-order valence-electron chi connectivity index (χ1n) is 7.34. The smallest absolute Gasteiger partial charge is 0.250 e. The Morgan fingerprint density at radius 2 is 1.83 bits per heavy atom. The maximum atomic E-state index is 11.7. The molecule has 3 aromatic rings. The molecule has 3 rings (SSSR count). The fraction of sp³-hybridized carbons (Fsp3) is 0.111. The maximum absolute atomic E-state index is 11.7. The zero-order valence-corrected chi connectivity index (χ0v) is 13.4. The molecule has 0 bridgehead atoms. The fourth-order valence-electron chi connectivity index (χ4n) is 2.41. The molecule has 0 spiro atoms. The quantitative estimate of drug-likeness (QED) is 0.559. The second kappa shape index (κ2) is 6.87. The predicted octanol–water partition coefficient (Wildman–Crippen LogP) is 2.99. The monoisotopic (exact) mass is 323 g/mol. The molecule has 0 radical (unpaired) electrons. The van der Waals surface area contributed by atoms with Crippen molar-refractivity contribution < 1.29 is 9.47 Å². The number of aromatic amines is 1. The normalized spacial score (nSPS) is 10.9. The van der Waals surface area contributed by atoms with Crippen LogP contribution in [0.4, 0.5) is 5.69 Å². The highest BCUT2D eigenvalue weighted by atomic mass is 16.5. The van der Waals surface area contributed by atoms with E-state index in [1.165, 1.54) is 6.07 Å². The number of para-hydroxylation sites is 1. The number of hydrazone groups is 1. The summed E-state index contributed by atoms with van der Waals surface area (Å²) in [6.45, 7) is 0. The lowest BCUT2D eigenvalue weighted by atomic mass is 10.2. The maximum Gasteiger partial charge on any atom is 0.250 e. The van der Waals surface area contributed by atoms with Gasteiger partial charge in [0.2, 0.25) is 0 Å². The van der Waals surface area contributed by atoms with Crippen LogP contribution in [0.1, 0.15) is 5.56 Å². The van der Waals surface area contributed by atoms with E-state index in [0.717, 1.165) is 16.5 Å². The van der Waals surface area contributed by atoms with E-state index in [4.69, 9.17) is 9.47 Å². The molecule has 0 unspecified atom stereocenters. The third kappa shape index (κ3) is 3.22. The summed E-state index contributed by atoms with van der Waals surface area (Å²) >= 11 is 0. The van der Waals surface area contributed by atoms with Gasteiger partial charge in [-0.15, -0.1) is 0 Å². The molecule has 122 valence electrons. The fourth-order valence-corrected chi connectivity index (χ4v) is 2.41. The number of anilines is 1. The van der Waals surface area contributed by atoms with Crippen LogP contribution in [0, 0.1) is 0 Å². The molecule has 0 aliphatic rings. The summed E-state index contributed by atoms with van der Waals surface area (Å²) in [6.07, 6.45) is 1.65. The van der Waals surface area contributed by atoms with Gasteiger partial charge in [-0.05, 0) is 29.8 Å². The van der Waals surface area contributed by atoms with Crippen molar-refractivity contribution in [3.63, 3.8) is 0 Å². The van der Waals surface area contributed by atoms with E-state index >= 15 is 0 Å². The number of benzene rings is 2. The molecule has 6 heteroatoms. The molecule has 0 atom stereocenters. The zero-order valence-electron chi connectivity index (χ0n) is 13.4. The van der Waals surface area contributed by atoms with Crippen LogP contribution < -0.4 is 20.5 Å². The van der Waals surface area contributed by atoms with Gasteiger partial charge in [-0.25, -0.2) is 0 Å². The first-order chi connectivity index (χ1) is 11.7. The number of ether oxygens (including phenoxy) is 2. The van der Waals surface area contributed by atoms with Gasteiger partial charge in [0.15, 0.2) is 11.5 Å². The van der Waals surface area contributed by atoms with Crippen molar-refractivity contribution in [1.29, 1.82) is 0 Å². The van der Waals surface area contributed by atoms with E-state index in [1.54, 1.807) is 20.4 Å². The highest BCUT2D eigenvalue weighted by molar-refractivity contribution is 5.91. The third-order valence-electron chi connectivity index (χ3n) is 3.56. The number of nitrogens with one attached hydrogen (secondary N) is 2. The van der Waals surface area contributed by atoms with Crippen LogP contribution in [0.25, 0.3) is 10.9 Å². The average Bonchev–Trinajstić information content (AvgIpc) is 2.61. The molecule has 0 saturated carbocycles. The first kappa shape index (κ1) is 15.6. The van der Waals surface area contributed by atoms with Crippen LogP contribution >= 0.6 is 0 Å². The van der Waals surface area contributed by atoms with Crippen molar-refractivity contribution in [2.75, 3.05) is 19.6 Å². The minimum Gasteiger partial charge on any atom is -0.493 e. The first-order valence-corrected chi connectivity index (χ1v) is 7.34. The molecular weight excluding hydrogens is 306 g/mol. The largest absolute Gasteiger partial charge is 0.493 e. The van der Waals surface area contributed by atoms with Gasteiger partial charge >= 0.3 is 0 Å². The van der Waals surface area contributed by atoms with Crippen LogP contribution in [0.15, 0.2) is 58.4 Å². The van der Waals surface area contributed by atoms with E-state index in [2.05, 4.69) is 15.5 Å². The van der Waals surface area contributed by atoms with E-state index in [-0.39, 0.29) is 5.56 Å². The third-order valence-corrected chi connectivity index (χ3v) is 3.56. The highest BCUT2D eigenvalue weighted by Crippen LogP contribution is 2.27. The standard InChI is InChI=1S/C18H17N3O3/c1-23-16-8-7-12(9-17(16)24-2)11-19-21-15-10-18(22)20-14-6-4-3-5-13(14)15/h3-11H,1-2H3,(H2,20,21,22)/b19-11+. The molecule has 2 aromatic carbocycles. The Morgan fingerprint density at radius 1 is 1.04 bits per heavy atom. The van der Waals surface area contributed by atoms with Gasteiger partial charge in [-0.3, -0.25) is 10.2 Å². The number of hydrogen-bond acceptors (Lipinski definition) is 5. The number of pyridine rings is 1. The van der Waals surface area contributed by atoms with Crippen molar-refractivity contribution in [2.24, 2.45) is 5.10 Å². The van der Waals surface area contributed by atoms with Gasteiger partial charge in [0.05, 0.1) is 31.6 Å². The van der Waals surface area contributed by atoms with E-state index in [1.807, 2.05) is 42.5 Å². The summed E-state index contributed by atoms with van der Waals surface area (Å²) < 4.78 is 10.5. The lowest BCUT2D eigenvalue weighted by molar-refractivity contribution is 0.355. The Hall–Kier alpha value is -3.28. The lowest BCUT2D eigenvalue weighted by Crippen LogP contribution is -2.06. The topological polar surface area (TPSA) is 75.7 Å². The SMILES string of the molecule is COc1ccc(/C=N/Nc2cc(=O)[nH]c3ccccc23)cc1OC. The number of methoxy groups -OCH3 is 2. The van der Waals surface area contributed by atoms with Gasteiger partial charge in [0, 0.05) is 11.5 Å². The van der Waals surface area contributed by atoms with Gasteiger partial charge in [0.25, 0.3) is 5.56 Å². The van der Waals surface area contributed by atoms with Crippen LogP contribution in [0.3, 0.4) is 0 Å². The molecule has 6 nitrogen and oxygen atoms in total. The minimum absolute atomic E-state index is 0.183. The van der Waals surface area contributed by atoms with Crippen LogP contribution in [0.2, 0.25) is 0 Å². The van der Waals surface area contributed by atoms with E-state index in [0.29, 0.717) is 17.2 Å². The molecular formula is C18H17N3O3. The van der Waals surface area contributed by atoms with Crippen molar-refractivity contribution in [3.8, 4) is 11.5 Å². The molecule has 0 aliphatic heterocycles.